The monoisotopic (exact) mass is 412 g/mol. The number of carbonyl (C=O) groups excluding carboxylic acids is 1. The van der Waals surface area contributed by atoms with Gasteiger partial charge in [0, 0.05) is 31.9 Å². The van der Waals surface area contributed by atoms with E-state index in [4.69, 9.17) is 0 Å². The molecule has 1 aromatic heterocycles. The van der Waals surface area contributed by atoms with Gasteiger partial charge < -0.3 is 15.2 Å². The van der Waals surface area contributed by atoms with Crippen molar-refractivity contribution in [3.63, 3.8) is 0 Å². The molecule has 1 fully saturated rings. The summed E-state index contributed by atoms with van der Waals surface area (Å²) >= 11 is 0. The second kappa shape index (κ2) is 12.0. The number of rotatable bonds is 7. The molecule has 1 saturated heterocycles. The molecule has 1 atom stereocenters. The molecule has 2 aromatic rings. The van der Waals surface area contributed by atoms with Gasteiger partial charge in [-0.25, -0.2) is 4.98 Å². The second-order valence-electron chi connectivity index (χ2n) is 7.10. The van der Waals surface area contributed by atoms with Gasteiger partial charge in [-0.15, -0.1) is 24.8 Å². The van der Waals surface area contributed by atoms with Gasteiger partial charge in [-0.2, -0.15) is 0 Å². The summed E-state index contributed by atoms with van der Waals surface area (Å²) < 4.78 is 2.04. The van der Waals surface area contributed by atoms with E-state index in [1.807, 2.05) is 17.1 Å². The van der Waals surface area contributed by atoms with Crippen LogP contribution in [0.2, 0.25) is 0 Å². The normalized spacial score (nSPS) is 15.3. The topological polar surface area (TPSA) is 59.0 Å². The van der Waals surface area contributed by atoms with E-state index in [1.54, 1.807) is 6.20 Å². The Hall–Kier alpha value is -1.56. The van der Waals surface area contributed by atoms with Crippen molar-refractivity contribution in [1.29, 1.82) is 0 Å². The highest BCUT2D eigenvalue weighted by molar-refractivity contribution is 5.85. The minimum atomic E-state index is 0. The van der Waals surface area contributed by atoms with Crippen molar-refractivity contribution in [3.05, 3.63) is 54.1 Å². The van der Waals surface area contributed by atoms with E-state index in [9.17, 15) is 4.79 Å². The first-order valence-electron chi connectivity index (χ1n) is 9.21. The fourth-order valence-corrected chi connectivity index (χ4v) is 3.50. The van der Waals surface area contributed by atoms with Crippen LogP contribution in [0.1, 0.15) is 37.3 Å². The van der Waals surface area contributed by atoms with E-state index in [0.29, 0.717) is 24.8 Å². The number of imidazole rings is 1. The minimum absolute atomic E-state index is 0. The zero-order chi connectivity index (χ0) is 17.5. The van der Waals surface area contributed by atoms with Gasteiger partial charge in [0.25, 0.3) is 0 Å². The standard InChI is InChI=1S/C20H28N4O.2ClH/c1-16(19-6-8-21-9-7-19)12-20(25)23-13-17-2-4-18(5-3-17)14-24-11-10-22-15-24;;/h2-5,10-11,15-16,19,21H,6-9,12-14H2,1H3,(H,23,25);2*1H. The van der Waals surface area contributed by atoms with Crippen LogP contribution in [0.3, 0.4) is 0 Å². The summed E-state index contributed by atoms with van der Waals surface area (Å²) in [6, 6.07) is 8.39. The molecular weight excluding hydrogens is 383 g/mol. The maximum atomic E-state index is 12.2. The number of benzene rings is 1. The lowest BCUT2D eigenvalue weighted by Gasteiger charge is -2.27. The maximum absolute atomic E-state index is 12.2. The molecule has 27 heavy (non-hydrogen) atoms. The second-order valence-corrected chi connectivity index (χ2v) is 7.10. The molecule has 0 spiro atoms. The van der Waals surface area contributed by atoms with E-state index in [2.05, 4.69) is 46.8 Å². The minimum Gasteiger partial charge on any atom is -0.352 e. The van der Waals surface area contributed by atoms with Gasteiger partial charge in [-0.1, -0.05) is 31.2 Å². The molecule has 0 aliphatic carbocycles. The van der Waals surface area contributed by atoms with Crippen LogP contribution in [0, 0.1) is 11.8 Å². The fourth-order valence-electron chi connectivity index (χ4n) is 3.50. The Morgan fingerprint density at radius 1 is 1.22 bits per heavy atom. The zero-order valence-corrected chi connectivity index (χ0v) is 17.4. The Morgan fingerprint density at radius 2 is 1.89 bits per heavy atom. The number of halogens is 2. The van der Waals surface area contributed by atoms with Crippen molar-refractivity contribution in [2.45, 2.75) is 39.3 Å². The van der Waals surface area contributed by atoms with Crippen LogP contribution in [0.15, 0.2) is 43.0 Å². The SMILES string of the molecule is CC(CC(=O)NCc1ccc(Cn2ccnc2)cc1)C1CCNCC1.Cl.Cl. The molecule has 2 N–H and O–H groups in total. The van der Waals surface area contributed by atoms with E-state index in [-0.39, 0.29) is 30.7 Å². The molecule has 3 rings (SSSR count). The fraction of sp³-hybridized carbons (Fsp3) is 0.500. The molecule has 1 aliphatic heterocycles. The molecule has 1 aromatic carbocycles. The molecule has 1 amide bonds. The lowest BCUT2D eigenvalue weighted by molar-refractivity contribution is -0.122. The molecule has 0 saturated carbocycles. The molecule has 7 heteroatoms. The molecule has 0 bridgehead atoms. The van der Waals surface area contributed by atoms with Gasteiger partial charge in [0.1, 0.15) is 0 Å². The number of nitrogens with zero attached hydrogens (tertiary/aromatic N) is 2. The summed E-state index contributed by atoms with van der Waals surface area (Å²) in [6.45, 7) is 5.80. The summed E-state index contributed by atoms with van der Waals surface area (Å²) in [6.07, 6.45) is 8.56. The molecule has 2 heterocycles. The van der Waals surface area contributed by atoms with Crippen LogP contribution in [0.5, 0.6) is 0 Å². The molecule has 0 radical (unpaired) electrons. The number of amides is 1. The highest BCUT2D eigenvalue weighted by Crippen LogP contribution is 2.24. The third-order valence-corrected chi connectivity index (χ3v) is 5.13. The van der Waals surface area contributed by atoms with Crippen molar-refractivity contribution >= 4 is 30.7 Å². The van der Waals surface area contributed by atoms with Gasteiger partial charge in [0.05, 0.1) is 6.33 Å². The van der Waals surface area contributed by atoms with Crippen LogP contribution in [-0.4, -0.2) is 28.5 Å². The summed E-state index contributed by atoms with van der Waals surface area (Å²) in [4.78, 5) is 16.3. The number of nitrogens with one attached hydrogen (secondary N) is 2. The first-order chi connectivity index (χ1) is 12.2. The number of aromatic nitrogens is 2. The molecule has 1 aliphatic rings. The third-order valence-electron chi connectivity index (χ3n) is 5.13. The average molecular weight is 413 g/mol. The Morgan fingerprint density at radius 3 is 2.52 bits per heavy atom. The third kappa shape index (κ3) is 7.53. The average Bonchev–Trinajstić information content (AvgIpc) is 3.15. The van der Waals surface area contributed by atoms with Crippen molar-refractivity contribution in [2.24, 2.45) is 11.8 Å². The smallest absolute Gasteiger partial charge is 0.220 e. The van der Waals surface area contributed by atoms with Crippen LogP contribution in [0.4, 0.5) is 0 Å². The summed E-state index contributed by atoms with van der Waals surface area (Å²) in [5.41, 5.74) is 2.37. The van der Waals surface area contributed by atoms with E-state index in [1.165, 1.54) is 18.4 Å². The number of hydrogen-bond donors (Lipinski definition) is 2. The Kier molecular flexibility index (Phi) is 10.4. The molecule has 5 nitrogen and oxygen atoms in total. The largest absolute Gasteiger partial charge is 0.352 e. The van der Waals surface area contributed by atoms with Gasteiger partial charge in [0.2, 0.25) is 5.91 Å². The number of carbonyl (C=O) groups is 1. The highest BCUT2D eigenvalue weighted by Gasteiger charge is 2.21. The van der Waals surface area contributed by atoms with Crippen LogP contribution in [-0.2, 0) is 17.9 Å². The van der Waals surface area contributed by atoms with E-state index < -0.39 is 0 Å². The Bertz CT molecular complexity index is 655. The zero-order valence-electron chi connectivity index (χ0n) is 15.8. The van der Waals surface area contributed by atoms with Gasteiger partial charge in [-0.05, 0) is 48.9 Å². The first-order valence-corrected chi connectivity index (χ1v) is 9.21. The van der Waals surface area contributed by atoms with Gasteiger partial charge >= 0.3 is 0 Å². The van der Waals surface area contributed by atoms with Crippen LogP contribution in [0.25, 0.3) is 0 Å². The van der Waals surface area contributed by atoms with E-state index in [0.717, 1.165) is 25.2 Å². The van der Waals surface area contributed by atoms with Crippen molar-refractivity contribution in [3.8, 4) is 0 Å². The quantitative estimate of drug-likeness (QED) is 0.732. The molecule has 150 valence electrons. The first kappa shape index (κ1) is 23.5. The van der Waals surface area contributed by atoms with Crippen molar-refractivity contribution in [2.75, 3.05) is 13.1 Å². The van der Waals surface area contributed by atoms with Crippen LogP contribution >= 0.6 is 24.8 Å². The molecule has 1 unspecified atom stereocenters. The predicted molar refractivity (Wildman–Crippen MR) is 113 cm³/mol. The number of hydrogen-bond acceptors (Lipinski definition) is 3. The van der Waals surface area contributed by atoms with Crippen molar-refractivity contribution in [1.82, 2.24) is 20.2 Å². The Labute approximate surface area is 174 Å². The molecular formula is C20H30Cl2N4O. The van der Waals surface area contributed by atoms with Gasteiger partial charge in [0.15, 0.2) is 0 Å². The van der Waals surface area contributed by atoms with E-state index >= 15 is 0 Å². The summed E-state index contributed by atoms with van der Waals surface area (Å²) in [5.74, 6) is 1.29. The highest BCUT2D eigenvalue weighted by atomic mass is 35.5. The van der Waals surface area contributed by atoms with Crippen LogP contribution < -0.4 is 10.6 Å². The van der Waals surface area contributed by atoms with Gasteiger partial charge in [-0.3, -0.25) is 4.79 Å². The Balaban J connectivity index is 0.00000182. The summed E-state index contributed by atoms with van der Waals surface area (Å²) in [5, 5.41) is 6.45. The van der Waals surface area contributed by atoms with Crippen molar-refractivity contribution < 1.29 is 4.79 Å². The predicted octanol–water partition coefficient (Wildman–Crippen LogP) is 3.42. The number of piperidine rings is 1. The summed E-state index contributed by atoms with van der Waals surface area (Å²) in [7, 11) is 0. The maximum Gasteiger partial charge on any atom is 0.220 e. The lowest BCUT2D eigenvalue weighted by Crippen LogP contribution is -2.33. The lowest BCUT2D eigenvalue weighted by atomic mass is 9.84.